The van der Waals surface area contributed by atoms with Crippen molar-refractivity contribution in [2.75, 3.05) is 50.2 Å². The number of hydrogen-bond donors (Lipinski definition) is 2. The number of ether oxygens (including phenoxy) is 1. The third-order valence-corrected chi connectivity index (χ3v) is 13.9. The molecule has 8 rings (SSSR count). The van der Waals surface area contributed by atoms with Gasteiger partial charge in [-0.3, -0.25) is 9.11 Å². The number of anilines is 2. The Balaban J connectivity index is 1.15. The van der Waals surface area contributed by atoms with Gasteiger partial charge in [0.25, 0.3) is 20.2 Å². The van der Waals surface area contributed by atoms with Gasteiger partial charge in [-0.15, -0.1) is 0 Å². The highest BCUT2D eigenvalue weighted by Gasteiger charge is 2.43. The van der Waals surface area contributed by atoms with Crippen LogP contribution in [0, 0.1) is 0 Å². The van der Waals surface area contributed by atoms with E-state index < -0.39 is 20.2 Å². The summed E-state index contributed by atoms with van der Waals surface area (Å²) >= 11 is 0. The summed E-state index contributed by atoms with van der Waals surface area (Å²) in [6, 6.07) is 17.6. The summed E-state index contributed by atoms with van der Waals surface area (Å²) in [7, 11) is -4.44. The maximum absolute atomic E-state index is 11.9. The number of morpholine rings is 1. The minimum atomic E-state index is -4.32. The minimum absolute atomic E-state index is 0.0396. The van der Waals surface area contributed by atoms with Gasteiger partial charge >= 0.3 is 0 Å². The molecule has 10 nitrogen and oxygen atoms in total. The number of likely N-dealkylation sites (N-methyl/N-ethyl adjacent to an activating group) is 2. The number of allylic oxidation sites excluding steroid dienone is 6. The fraction of sp³-hybridized carbons (Fsp3) is 0.349. The van der Waals surface area contributed by atoms with Crippen molar-refractivity contribution in [3.05, 3.63) is 119 Å². The van der Waals surface area contributed by atoms with Crippen molar-refractivity contribution in [2.24, 2.45) is 0 Å². The van der Waals surface area contributed by atoms with E-state index in [9.17, 15) is 25.9 Å². The second-order valence-corrected chi connectivity index (χ2v) is 19.0. The van der Waals surface area contributed by atoms with Crippen LogP contribution in [0.15, 0.2) is 117 Å². The van der Waals surface area contributed by atoms with Crippen molar-refractivity contribution in [3.8, 4) is 0 Å². The third kappa shape index (κ3) is 6.19. The molecule has 0 aromatic heterocycles. The molecule has 0 radical (unpaired) electrons. The van der Waals surface area contributed by atoms with E-state index in [2.05, 4.69) is 80.8 Å². The second kappa shape index (κ2) is 13.1. The Hall–Kier alpha value is -4.46. The zero-order chi connectivity index (χ0) is 39.2. The maximum atomic E-state index is 11.9. The summed E-state index contributed by atoms with van der Waals surface area (Å²) in [6.45, 7) is 11.8. The zero-order valence-electron chi connectivity index (χ0n) is 32.0. The van der Waals surface area contributed by atoms with E-state index in [0.717, 1.165) is 75.7 Å². The van der Waals surface area contributed by atoms with Crippen LogP contribution < -0.4 is 9.80 Å². The molecule has 288 valence electrons. The lowest BCUT2D eigenvalue weighted by Gasteiger charge is -2.32. The fourth-order valence-electron chi connectivity index (χ4n) is 9.59. The van der Waals surface area contributed by atoms with Gasteiger partial charge in [-0.25, -0.2) is 0 Å². The van der Waals surface area contributed by atoms with E-state index >= 15 is 0 Å². The lowest BCUT2D eigenvalue weighted by Crippen LogP contribution is -2.37. The summed E-state index contributed by atoms with van der Waals surface area (Å²) in [5.41, 5.74) is 8.72. The number of rotatable bonds is 6. The third-order valence-electron chi connectivity index (χ3n) is 12.2. The summed E-state index contributed by atoms with van der Waals surface area (Å²) in [6.07, 6.45) is 10.9. The standard InChI is InChI=1S/C43H47N3O7S2/c1-42(2)37(44(5)35-17-9-29-25-31(54(47,48)49)13-15-33(29)39(35)42)19-11-27-7-8-28(41(27)46-21-23-53-24-22-46)12-20-38-43(3,4)40-34-16-14-32(55(50,51)52)26-30(34)10-18-36(40)45(38)6/h9-20,25-26,37H,7-8,21-24H2,1-6H3,(H,47,48,49)(H,50,51,52)/b19-11+,28-12+,38-20+. The van der Waals surface area contributed by atoms with Crippen molar-refractivity contribution < 1.29 is 30.7 Å². The first kappa shape index (κ1) is 37.5. The lowest BCUT2D eigenvalue weighted by molar-refractivity contribution is 0.0547. The Morgan fingerprint density at radius 3 is 1.93 bits per heavy atom. The highest BCUT2D eigenvalue weighted by atomic mass is 32.2. The van der Waals surface area contributed by atoms with Gasteiger partial charge in [0.15, 0.2) is 0 Å². The Morgan fingerprint density at radius 2 is 1.33 bits per heavy atom. The van der Waals surface area contributed by atoms with Crippen LogP contribution in [0.2, 0.25) is 0 Å². The van der Waals surface area contributed by atoms with Gasteiger partial charge in [0.1, 0.15) is 0 Å². The van der Waals surface area contributed by atoms with Gasteiger partial charge in [0.2, 0.25) is 0 Å². The monoisotopic (exact) mass is 781 g/mol. The highest BCUT2D eigenvalue weighted by molar-refractivity contribution is 7.86. The molecule has 12 heteroatoms. The molecule has 4 aliphatic rings. The molecule has 0 amide bonds. The quantitative estimate of drug-likeness (QED) is 0.188. The molecule has 0 saturated carbocycles. The van der Waals surface area contributed by atoms with Gasteiger partial charge in [0.05, 0.1) is 29.0 Å². The Bertz CT molecular complexity index is 2630. The van der Waals surface area contributed by atoms with Crippen molar-refractivity contribution in [1.82, 2.24) is 4.90 Å². The van der Waals surface area contributed by atoms with E-state index in [1.165, 1.54) is 35.0 Å². The van der Waals surface area contributed by atoms with E-state index in [1.54, 1.807) is 12.1 Å². The van der Waals surface area contributed by atoms with Crippen LogP contribution in [0.4, 0.5) is 11.4 Å². The smallest absolute Gasteiger partial charge is 0.294 e. The van der Waals surface area contributed by atoms with Crippen LogP contribution in [0.1, 0.15) is 51.7 Å². The van der Waals surface area contributed by atoms with Gasteiger partial charge < -0.3 is 19.4 Å². The van der Waals surface area contributed by atoms with Crippen molar-refractivity contribution in [2.45, 2.75) is 67.2 Å². The van der Waals surface area contributed by atoms with E-state index in [4.69, 9.17) is 4.74 Å². The molecule has 0 bridgehead atoms. The number of benzene rings is 4. The topological polar surface area (TPSA) is 128 Å². The fourth-order valence-corrected chi connectivity index (χ4v) is 10.6. The average Bonchev–Trinajstić information content (AvgIpc) is 3.69. The molecule has 1 fully saturated rings. The Labute approximate surface area is 323 Å². The summed E-state index contributed by atoms with van der Waals surface area (Å²) in [5.74, 6) is 0. The lowest BCUT2D eigenvalue weighted by atomic mass is 9.78. The molecule has 2 N–H and O–H groups in total. The van der Waals surface area contributed by atoms with Crippen LogP contribution in [-0.4, -0.2) is 77.3 Å². The molecular weight excluding hydrogens is 735 g/mol. The van der Waals surface area contributed by atoms with Crippen molar-refractivity contribution >= 4 is 53.2 Å². The normalized spacial score (nSPS) is 22.6. The number of nitrogens with zero attached hydrogens (tertiary/aromatic N) is 3. The molecule has 55 heavy (non-hydrogen) atoms. The molecule has 4 aromatic carbocycles. The van der Waals surface area contributed by atoms with Crippen molar-refractivity contribution in [3.63, 3.8) is 0 Å². The molecule has 1 atom stereocenters. The number of fused-ring (bicyclic) bond motifs is 6. The van der Waals surface area contributed by atoms with Crippen molar-refractivity contribution in [1.29, 1.82) is 0 Å². The first-order chi connectivity index (χ1) is 25.9. The molecule has 1 aliphatic carbocycles. The summed E-state index contributed by atoms with van der Waals surface area (Å²) in [4.78, 5) is 6.76. The predicted molar refractivity (Wildman–Crippen MR) is 218 cm³/mol. The van der Waals surface area contributed by atoms with Crippen LogP contribution in [0.25, 0.3) is 21.5 Å². The Morgan fingerprint density at radius 1 is 0.745 bits per heavy atom. The zero-order valence-corrected chi connectivity index (χ0v) is 33.6. The van der Waals surface area contributed by atoms with Gasteiger partial charge in [-0.2, -0.15) is 16.8 Å². The summed E-state index contributed by atoms with van der Waals surface area (Å²) < 4.78 is 72.6. The van der Waals surface area contributed by atoms with Crippen LogP contribution in [0.3, 0.4) is 0 Å². The highest BCUT2D eigenvalue weighted by Crippen LogP contribution is 2.51. The molecule has 3 aliphatic heterocycles. The summed E-state index contributed by atoms with van der Waals surface area (Å²) in [5, 5.41) is 3.47. The van der Waals surface area contributed by atoms with Crippen LogP contribution in [0.5, 0.6) is 0 Å². The molecule has 1 unspecified atom stereocenters. The largest absolute Gasteiger partial charge is 0.378 e. The number of hydrogen-bond acceptors (Lipinski definition) is 8. The van der Waals surface area contributed by atoms with E-state index in [0.29, 0.717) is 13.2 Å². The van der Waals surface area contributed by atoms with Gasteiger partial charge in [-0.1, -0.05) is 70.2 Å². The Kier molecular flexibility index (Phi) is 8.90. The first-order valence-electron chi connectivity index (χ1n) is 18.6. The molecule has 1 saturated heterocycles. The van der Waals surface area contributed by atoms with Crippen LogP contribution >= 0.6 is 0 Å². The SMILES string of the molecule is CN1/C(=C/C=C2\CCC(/C=C/C3N(C)c4ccc5cc(S(=O)(=O)O)ccc5c4C3(C)C)=C2N2CCOCC2)C(C)(C)c2c1ccc1cc(S(=O)(=O)O)ccc21. The first-order valence-corrected chi connectivity index (χ1v) is 21.5. The van der Waals surface area contributed by atoms with Crippen LogP contribution in [-0.2, 0) is 35.8 Å². The van der Waals surface area contributed by atoms with Gasteiger partial charge in [-0.05, 0) is 99.1 Å². The maximum Gasteiger partial charge on any atom is 0.294 e. The minimum Gasteiger partial charge on any atom is -0.378 e. The molecule has 0 spiro atoms. The van der Waals surface area contributed by atoms with Gasteiger partial charge in [0, 0.05) is 60.8 Å². The predicted octanol–water partition coefficient (Wildman–Crippen LogP) is 7.76. The van der Waals surface area contributed by atoms with E-state index in [-0.39, 0.29) is 26.7 Å². The average molecular weight is 782 g/mol. The molecular formula is C43H47N3O7S2. The molecule has 3 heterocycles. The second-order valence-electron chi connectivity index (χ2n) is 16.2. The van der Waals surface area contributed by atoms with E-state index in [1.807, 2.05) is 30.3 Å². The molecule has 4 aromatic rings.